The number of benzene rings is 4. The van der Waals surface area contributed by atoms with Crippen LogP contribution in [0.2, 0.25) is 0 Å². The molecule has 11 heteroatoms. The Labute approximate surface area is 228 Å². The van der Waals surface area contributed by atoms with Gasteiger partial charge in [-0.3, -0.25) is 4.79 Å². The molecule has 4 rings (SSSR count). The van der Waals surface area contributed by atoms with E-state index in [9.17, 15) is 23.4 Å². The number of carbonyl (C=O) groups excluding carboxylic acids is 1. The van der Waals surface area contributed by atoms with Crippen LogP contribution in [0.3, 0.4) is 0 Å². The van der Waals surface area contributed by atoms with Crippen molar-refractivity contribution in [1.29, 1.82) is 5.39 Å². The zero-order chi connectivity index (χ0) is 29.2. The molecule has 0 amide bonds. The van der Waals surface area contributed by atoms with Crippen molar-refractivity contribution in [2.45, 2.75) is 11.4 Å². The molecular formula is C29H21F3N2O5S. The lowest BCUT2D eigenvalue weighted by molar-refractivity contribution is -0.137. The van der Waals surface area contributed by atoms with Gasteiger partial charge in [-0.05, 0) is 23.3 Å². The summed E-state index contributed by atoms with van der Waals surface area (Å²) in [5, 5.41) is 9.87. The summed E-state index contributed by atoms with van der Waals surface area (Å²) >= 11 is 0. The number of hydrogen-bond acceptors (Lipinski definition) is 6. The standard InChI is InChI=1S/C28H21N2O2.CHF3O3S/c29-30-26(23-17-9-3-10-18-23)27(24-19-11-4-12-20-24)32-28(31)25(21-13-5-1-6-14-21)22-15-7-2-8-16-22;2-1(3,4)8(5,6)7/h1-20,25H;(H,5,6,7)/q+1;/p-1/b27-26-;. The minimum atomic E-state index is -6.09. The second-order valence-electron chi connectivity index (χ2n) is 8.09. The average Bonchev–Trinajstić information content (AvgIpc) is 2.94. The molecule has 4 aromatic rings. The molecule has 0 spiro atoms. The topological polar surface area (TPSA) is 112 Å². The van der Waals surface area contributed by atoms with E-state index in [0.29, 0.717) is 11.1 Å². The molecule has 204 valence electrons. The lowest BCUT2D eigenvalue weighted by atomic mass is 9.91. The van der Waals surface area contributed by atoms with Crippen LogP contribution in [0.25, 0.3) is 16.4 Å². The van der Waals surface area contributed by atoms with E-state index in [1.807, 2.05) is 109 Å². The average molecular weight is 567 g/mol. The Balaban J connectivity index is 0.000000482. The summed E-state index contributed by atoms with van der Waals surface area (Å²) in [6.07, 6.45) is 0. The zero-order valence-electron chi connectivity index (χ0n) is 20.6. The molecule has 0 radical (unpaired) electrons. The van der Waals surface area contributed by atoms with Crippen molar-refractivity contribution in [3.8, 4) is 0 Å². The number of esters is 1. The second-order valence-corrected chi connectivity index (χ2v) is 9.46. The minimum Gasteiger partial charge on any atom is -0.741 e. The van der Waals surface area contributed by atoms with Crippen LogP contribution in [0.1, 0.15) is 28.2 Å². The third-order valence-electron chi connectivity index (χ3n) is 5.39. The summed E-state index contributed by atoms with van der Waals surface area (Å²) in [4.78, 5) is 17.1. The van der Waals surface area contributed by atoms with E-state index in [0.717, 1.165) is 11.1 Å². The van der Waals surface area contributed by atoms with Crippen LogP contribution in [0, 0.1) is 5.39 Å². The number of hydrogen-bond donors (Lipinski definition) is 0. The molecule has 0 fully saturated rings. The molecule has 0 aromatic heterocycles. The van der Waals surface area contributed by atoms with E-state index in [2.05, 4.69) is 4.98 Å². The lowest BCUT2D eigenvalue weighted by Gasteiger charge is -2.17. The van der Waals surface area contributed by atoms with E-state index in [4.69, 9.17) is 17.7 Å². The van der Waals surface area contributed by atoms with Crippen LogP contribution in [-0.2, 0) is 19.6 Å². The van der Waals surface area contributed by atoms with E-state index >= 15 is 0 Å². The van der Waals surface area contributed by atoms with Gasteiger partial charge in [0.2, 0.25) is 11.2 Å². The first-order valence-corrected chi connectivity index (χ1v) is 13.0. The van der Waals surface area contributed by atoms with Crippen molar-refractivity contribution in [3.05, 3.63) is 149 Å². The highest BCUT2D eigenvalue weighted by Gasteiger charge is 2.37. The van der Waals surface area contributed by atoms with Gasteiger partial charge in [-0.25, -0.2) is 8.42 Å². The van der Waals surface area contributed by atoms with Gasteiger partial charge in [-0.2, -0.15) is 13.2 Å². The van der Waals surface area contributed by atoms with Gasteiger partial charge < -0.3 is 9.29 Å². The molecule has 0 heterocycles. The van der Waals surface area contributed by atoms with Gasteiger partial charge in [0.25, 0.3) is 0 Å². The molecule has 7 nitrogen and oxygen atoms in total. The molecule has 0 atom stereocenters. The largest absolute Gasteiger partial charge is 0.741 e. The molecule has 0 aliphatic heterocycles. The number of carbonyl (C=O) groups is 1. The summed E-state index contributed by atoms with van der Waals surface area (Å²) in [6.45, 7) is 0. The van der Waals surface area contributed by atoms with Gasteiger partial charge in [-0.1, -0.05) is 109 Å². The maximum Gasteiger partial charge on any atom is 0.485 e. The molecule has 0 unspecified atom stereocenters. The first-order chi connectivity index (χ1) is 19.0. The van der Waals surface area contributed by atoms with Crippen molar-refractivity contribution >= 4 is 27.5 Å². The number of diazo groups is 1. The first kappa shape index (κ1) is 29.8. The van der Waals surface area contributed by atoms with E-state index < -0.39 is 27.5 Å². The normalized spacial score (nSPS) is 11.9. The quantitative estimate of drug-likeness (QED) is 0.0634. The maximum absolute atomic E-state index is 13.6. The van der Waals surface area contributed by atoms with Crippen LogP contribution in [0.15, 0.2) is 121 Å². The van der Waals surface area contributed by atoms with Gasteiger partial charge in [-0.15, -0.1) is 0 Å². The molecule has 0 N–H and O–H groups in total. The minimum absolute atomic E-state index is 0.185. The SMILES string of the molecule is N#[N+]/C(=C(\OC(=O)C(c1ccccc1)c1ccccc1)c1ccccc1)c1ccccc1.O=S(=O)([O-])C(F)(F)F. The summed E-state index contributed by atoms with van der Waals surface area (Å²) in [5.74, 6) is -0.897. The van der Waals surface area contributed by atoms with E-state index in [1.165, 1.54) is 0 Å². The Hall–Kier alpha value is -4.79. The fourth-order valence-corrected chi connectivity index (χ4v) is 3.58. The van der Waals surface area contributed by atoms with E-state index in [1.54, 1.807) is 12.1 Å². The van der Waals surface area contributed by atoms with Gasteiger partial charge in [0.05, 0.1) is 5.56 Å². The number of nitrogens with zero attached hydrogens (tertiary/aromatic N) is 2. The Bertz CT molecular complexity index is 1550. The second kappa shape index (κ2) is 13.3. The molecule has 0 saturated carbocycles. The highest BCUT2D eigenvalue weighted by atomic mass is 32.2. The smallest absolute Gasteiger partial charge is 0.485 e. The van der Waals surface area contributed by atoms with Crippen molar-refractivity contribution in [2.24, 2.45) is 0 Å². The Kier molecular flexibility index (Phi) is 9.92. The Morgan fingerprint density at radius 1 is 0.725 bits per heavy atom. The fourth-order valence-electron chi connectivity index (χ4n) is 3.58. The van der Waals surface area contributed by atoms with Crippen molar-refractivity contribution < 1.29 is 35.7 Å². The number of rotatable bonds is 6. The van der Waals surface area contributed by atoms with Crippen LogP contribution < -0.4 is 0 Å². The van der Waals surface area contributed by atoms with Crippen molar-refractivity contribution in [2.75, 3.05) is 0 Å². The van der Waals surface area contributed by atoms with Crippen LogP contribution >= 0.6 is 0 Å². The number of halogens is 3. The zero-order valence-corrected chi connectivity index (χ0v) is 21.4. The van der Waals surface area contributed by atoms with Crippen LogP contribution in [0.5, 0.6) is 0 Å². The van der Waals surface area contributed by atoms with Gasteiger partial charge in [0.15, 0.2) is 15.1 Å². The summed E-state index contributed by atoms with van der Waals surface area (Å²) < 4.78 is 64.9. The fraction of sp³-hybridized carbons (Fsp3) is 0.0690. The summed E-state index contributed by atoms with van der Waals surface area (Å²) in [5.41, 5.74) is -2.55. The number of alkyl halides is 3. The molecule has 0 saturated heterocycles. The highest BCUT2D eigenvalue weighted by Crippen LogP contribution is 2.33. The van der Waals surface area contributed by atoms with Crippen LogP contribution in [0.4, 0.5) is 13.2 Å². The van der Waals surface area contributed by atoms with E-state index in [-0.39, 0.29) is 11.5 Å². The first-order valence-electron chi connectivity index (χ1n) is 11.6. The maximum atomic E-state index is 13.6. The monoisotopic (exact) mass is 566 g/mol. The molecule has 4 aromatic carbocycles. The van der Waals surface area contributed by atoms with Gasteiger partial charge >= 0.3 is 17.2 Å². The van der Waals surface area contributed by atoms with Gasteiger partial charge in [0.1, 0.15) is 5.92 Å². The summed E-state index contributed by atoms with van der Waals surface area (Å²) in [6, 6.07) is 37.3. The molecule has 40 heavy (non-hydrogen) atoms. The Morgan fingerprint density at radius 2 is 1.07 bits per heavy atom. The predicted molar refractivity (Wildman–Crippen MR) is 141 cm³/mol. The highest BCUT2D eigenvalue weighted by molar-refractivity contribution is 7.86. The Morgan fingerprint density at radius 3 is 1.43 bits per heavy atom. The third kappa shape index (κ3) is 7.86. The molecular weight excluding hydrogens is 545 g/mol. The van der Waals surface area contributed by atoms with Gasteiger partial charge in [0, 0.05) is 5.56 Å². The van der Waals surface area contributed by atoms with Crippen molar-refractivity contribution in [1.82, 2.24) is 0 Å². The molecule has 0 aliphatic rings. The molecule has 0 bridgehead atoms. The number of ether oxygens (including phenoxy) is 1. The lowest BCUT2D eigenvalue weighted by Crippen LogP contribution is -2.21. The third-order valence-corrected chi connectivity index (χ3v) is 5.95. The summed E-state index contributed by atoms with van der Waals surface area (Å²) in [7, 11) is -6.09. The van der Waals surface area contributed by atoms with Crippen molar-refractivity contribution in [3.63, 3.8) is 0 Å². The van der Waals surface area contributed by atoms with Crippen LogP contribution in [-0.4, -0.2) is 24.4 Å². The predicted octanol–water partition coefficient (Wildman–Crippen LogP) is 6.79. The molecule has 0 aliphatic carbocycles.